The van der Waals surface area contributed by atoms with Crippen molar-refractivity contribution in [2.24, 2.45) is 0 Å². The maximum absolute atomic E-state index is 13.4. The molecule has 0 aliphatic carbocycles. The lowest BCUT2D eigenvalue weighted by molar-refractivity contribution is 0.0946. The number of aryl methyl sites for hydroxylation is 1. The number of benzene rings is 1. The molecule has 3 aromatic heterocycles. The Kier molecular flexibility index (Phi) is 6.32. The molecule has 1 aromatic carbocycles. The number of nitrogens with zero attached hydrogens (tertiary/aromatic N) is 3. The number of pyridine rings is 2. The van der Waals surface area contributed by atoms with Gasteiger partial charge in [0, 0.05) is 26.5 Å². The predicted molar refractivity (Wildman–Crippen MR) is 122 cm³/mol. The Morgan fingerprint density at radius 3 is 2.70 bits per heavy atom. The van der Waals surface area contributed by atoms with Crippen LogP contribution in [0.5, 0.6) is 0 Å². The zero-order valence-corrected chi connectivity index (χ0v) is 18.4. The normalized spacial score (nSPS) is 11.2. The highest BCUT2D eigenvalue weighted by Gasteiger charge is 2.18. The van der Waals surface area contributed by atoms with Gasteiger partial charge in [-0.05, 0) is 48.7 Å². The van der Waals surface area contributed by atoms with Crippen molar-refractivity contribution in [2.75, 3.05) is 20.3 Å². The van der Waals surface area contributed by atoms with E-state index in [1.54, 1.807) is 31.5 Å². The van der Waals surface area contributed by atoms with E-state index in [4.69, 9.17) is 10.1 Å². The molecule has 0 unspecified atom stereocenters. The number of carbonyl (C=O) groups is 1. The zero-order valence-electron chi connectivity index (χ0n) is 18.4. The number of ether oxygens (including phenoxy) is 1. The number of hydrogen-bond acceptors (Lipinski definition) is 5. The molecule has 0 fully saturated rings. The van der Waals surface area contributed by atoms with Crippen LogP contribution < -0.4 is 16.4 Å². The lowest BCUT2D eigenvalue weighted by Crippen LogP contribution is -2.35. The first-order valence-corrected chi connectivity index (χ1v) is 10.5. The first-order chi connectivity index (χ1) is 15.9. The van der Waals surface area contributed by atoms with Gasteiger partial charge >= 0.3 is 0 Å². The van der Waals surface area contributed by atoms with Gasteiger partial charge in [0.25, 0.3) is 11.5 Å². The van der Waals surface area contributed by atoms with Crippen molar-refractivity contribution in [1.29, 1.82) is 5.41 Å². The number of rotatable bonds is 7. The molecule has 9 heteroatoms. The molecule has 0 spiro atoms. The van der Waals surface area contributed by atoms with E-state index in [1.807, 2.05) is 13.0 Å². The highest BCUT2D eigenvalue weighted by atomic mass is 19.1. The van der Waals surface area contributed by atoms with Crippen LogP contribution in [0.15, 0.2) is 53.5 Å². The lowest BCUT2D eigenvalue weighted by atomic mass is 10.1. The van der Waals surface area contributed by atoms with Gasteiger partial charge in [0.1, 0.15) is 22.6 Å². The molecule has 0 atom stereocenters. The van der Waals surface area contributed by atoms with Crippen molar-refractivity contribution in [3.63, 3.8) is 0 Å². The molecular formula is C24H24FN5O3. The lowest BCUT2D eigenvalue weighted by Gasteiger charge is -2.15. The third-order valence-corrected chi connectivity index (χ3v) is 5.44. The summed E-state index contributed by atoms with van der Waals surface area (Å²) in [5.41, 5.74) is 1.92. The second-order valence-electron chi connectivity index (χ2n) is 7.76. The Morgan fingerprint density at radius 2 is 1.97 bits per heavy atom. The second kappa shape index (κ2) is 9.33. The first kappa shape index (κ1) is 22.3. The Morgan fingerprint density at radius 1 is 1.21 bits per heavy atom. The zero-order chi connectivity index (χ0) is 23.5. The van der Waals surface area contributed by atoms with E-state index in [1.165, 1.54) is 27.2 Å². The van der Waals surface area contributed by atoms with Crippen molar-refractivity contribution in [1.82, 2.24) is 19.3 Å². The number of methoxy groups -OCH3 is 1. The molecule has 0 bridgehead atoms. The van der Waals surface area contributed by atoms with Gasteiger partial charge < -0.3 is 14.6 Å². The maximum atomic E-state index is 13.4. The van der Waals surface area contributed by atoms with E-state index >= 15 is 0 Å². The molecule has 0 radical (unpaired) electrons. The summed E-state index contributed by atoms with van der Waals surface area (Å²) in [6.45, 7) is 2.86. The molecule has 2 N–H and O–H groups in total. The minimum atomic E-state index is -0.459. The van der Waals surface area contributed by atoms with Crippen molar-refractivity contribution in [3.05, 3.63) is 87.0 Å². The smallest absolute Gasteiger partial charge is 0.267 e. The molecule has 1 amide bonds. The van der Waals surface area contributed by atoms with Crippen LogP contribution in [0.3, 0.4) is 0 Å². The van der Waals surface area contributed by atoms with E-state index < -0.39 is 5.91 Å². The highest BCUT2D eigenvalue weighted by Crippen LogP contribution is 2.14. The molecule has 4 aromatic rings. The summed E-state index contributed by atoms with van der Waals surface area (Å²) in [5, 5.41) is 11.7. The number of fused-ring (bicyclic) bond motifs is 2. The average Bonchev–Trinajstić information content (AvgIpc) is 2.80. The van der Waals surface area contributed by atoms with Crippen LogP contribution >= 0.6 is 0 Å². The molecule has 0 aliphatic rings. The van der Waals surface area contributed by atoms with Crippen LogP contribution in [0.1, 0.15) is 27.9 Å². The second-order valence-corrected chi connectivity index (χ2v) is 7.76. The van der Waals surface area contributed by atoms with Crippen molar-refractivity contribution in [3.8, 4) is 0 Å². The van der Waals surface area contributed by atoms with Crippen LogP contribution in [-0.4, -0.2) is 40.1 Å². The van der Waals surface area contributed by atoms with Crippen LogP contribution in [-0.2, 0) is 11.3 Å². The summed E-state index contributed by atoms with van der Waals surface area (Å²) in [6.07, 6.45) is 2.24. The molecule has 0 aliphatic heterocycles. The van der Waals surface area contributed by atoms with E-state index in [0.717, 1.165) is 5.56 Å². The van der Waals surface area contributed by atoms with Gasteiger partial charge in [-0.15, -0.1) is 0 Å². The first-order valence-electron chi connectivity index (χ1n) is 10.5. The minimum absolute atomic E-state index is 0.0635. The summed E-state index contributed by atoms with van der Waals surface area (Å²) in [4.78, 5) is 30.9. The number of halogens is 1. The molecule has 3 heterocycles. The fourth-order valence-corrected chi connectivity index (χ4v) is 3.71. The van der Waals surface area contributed by atoms with Crippen LogP contribution in [0.2, 0.25) is 0 Å². The monoisotopic (exact) mass is 449 g/mol. The standard InChI is InChI=1S/C24H24FN5O3/c1-15-5-3-11-29-21(15)28-22-19(24(29)32)13-18(23(31)27-10-4-12-33-2)20(26)30(22)14-16-6-8-17(25)9-7-16/h3,5-9,11,13,26H,4,10,12,14H2,1-2H3,(H,27,31). The molecule has 8 nitrogen and oxygen atoms in total. The quantitative estimate of drug-likeness (QED) is 0.334. The van der Waals surface area contributed by atoms with Crippen LogP contribution in [0.4, 0.5) is 4.39 Å². The summed E-state index contributed by atoms with van der Waals surface area (Å²) in [7, 11) is 1.58. The molecule has 4 rings (SSSR count). The fraction of sp³-hybridized carbons (Fsp3) is 0.250. The van der Waals surface area contributed by atoms with E-state index in [0.29, 0.717) is 36.4 Å². The van der Waals surface area contributed by atoms with Gasteiger partial charge in [0.05, 0.1) is 17.5 Å². The Balaban J connectivity index is 1.93. The van der Waals surface area contributed by atoms with Gasteiger partial charge in [-0.3, -0.25) is 19.4 Å². The molecular weight excluding hydrogens is 425 g/mol. The Bertz CT molecular complexity index is 1460. The van der Waals surface area contributed by atoms with Gasteiger partial charge in [-0.2, -0.15) is 0 Å². The SMILES string of the molecule is COCCCNC(=O)c1cc2c(=O)n3cccc(C)c3nc2n(Cc2ccc(F)cc2)c1=N. The van der Waals surface area contributed by atoms with Crippen LogP contribution in [0, 0.1) is 18.2 Å². The third kappa shape index (κ3) is 4.40. The van der Waals surface area contributed by atoms with Gasteiger partial charge in [0.15, 0.2) is 0 Å². The summed E-state index contributed by atoms with van der Waals surface area (Å²) in [5.74, 6) is -0.832. The Labute approximate surface area is 188 Å². The van der Waals surface area contributed by atoms with E-state index in [2.05, 4.69) is 10.3 Å². The van der Waals surface area contributed by atoms with Gasteiger partial charge in [-0.25, -0.2) is 9.37 Å². The number of aromatic nitrogens is 3. The average molecular weight is 449 g/mol. The predicted octanol–water partition coefficient (Wildman–Crippen LogP) is 2.39. The van der Waals surface area contributed by atoms with Crippen molar-refractivity contribution < 1.29 is 13.9 Å². The molecule has 170 valence electrons. The number of hydrogen-bond donors (Lipinski definition) is 2. The fourth-order valence-electron chi connectivity index (χ4n) is 3.71. The van der Waals surface area contributed by atoms with Gasteiger partial charge in [-0.1, -0.05) is 18.2 Å². The molecule has 0 saturated carbocycles. The number of nitrogens with one attached hydrogen (secondary N) is 2. The molecule has 33 heavy (non-hydrogen) atoms. The van der Waals surface area contributed by atoms with Crippen molar-refractivity contribution in [2.45, 2.75) is 19.9 Å². The topological polar surface area (TPSA) is 101 Å². The van der Waals surface area contributed by atoms with E-state index in [9.17, 15) is 14.0 Å². The maximum Gasteiger partial charge on any atom is 0.267 e. The van der Waals surface area contributed by atoms with Gasteiger partial charge in [0.2, 0.25) is 0 Å². The number of amides is 1. The third-order valence-electron chi connectivity index (χ3n) is 5.44. The molecule has 0 saturated heterocycles. The van der Waals surface area contributed by atoms with Crippen molar-refractivity contribution >= 4 is 22.6 Å². The summed E-state index contributed by atoms with van der Waals surface area (Å²) >= 11 is 0. The number of carbonyl (C=O) groups excluding carboxylic acids is 1. The van der Waals surface area contributed by atoms with E-state index in [-0.39, 0.29) is 34.4 Å². The summed E-state index contributed by atoms with van der Waals surface area (Å²) < 4.78 is 21.4. The Hall–Kier alpha value is -3.85. The highest BCUT2D eigenvalue weighted by molar-refractivity contribution is 5.96. The summed E-state index contributed by atoms with van der Waals surface area (Å²) in [6, 6.07) is 10.9. The minimum Gasteiger partial charge on any atom is -0.385 e. The van der Waals surface area contributed by atoms with Crippen LogP contribution in [0.25, 0.3) is 16.7 Å². The largest absolute Gasteiger partial charge is 0.385 e.